The van der Waals surface area contributed by atoms with Crippen molar-refractivity contribution in [3.63, 3.8) is 0 Å². The normalized spacial score (nSPS) is 14.3. The first-order valence-electron chi connectivity index (χ1n) is 6.29. The quantitative estimate of drug-likeness (QED) is 0.458. The molecule has 0 spiro atoms. The average molecular weight is 281 g/mol. The van der Waals surface area contributed by atoms with E-state index in [0.29, 0.717) is 11.1 Å². The minimum Gasteiger partial charge on any atom is -0.436 e. The van der Waals surface area contributed by atoms with Crippen molar-refractivity contribution in [2.75, 3.05) is 7.11 Å². The van der Waals surface area contributed by atoms with E-state index in [1.165, 1.54) is 7.11 Å². The van der Waals surface area contributed by atoms with Crippen LogP contribution in [0.4, 0.5) is 4.79 Å². The molecule has 0 aromatic heterocycles. The number of oxime groups is 1. The zero-order valence-electron chi connectivity index (χ0n) is 11.2. The first kappa shape index (κ1) is 13.1. The van der Waals surface area contributed by atoms with Gasteiger partial charge in [-0.2, -0.15) is 0 Å². The van der Waals surface area contributed by atoms with Crippen LogP contribution in [-0.4, -0.2) is 24.8 Å². The van der Waals surface area contributed by atoms with E-state index in [-0.39, 0.29) is 11.5 Å². The Labute approximate surface area is 120 Å². The van der Waals surface area contributed by atoms with Crippen molar-refractivity contribution < 1.29 is 19.2 Å². The molecule has 0 radical (unpaired) electrons. The molecule has 3 rings (SSSR count). The summed E-state index contributed by atoms with van der Waals surface area (Å²) in [7, 11) is 1.18. The fourth-order valence-corrected chi connectivity index (χ4v) is 2.30. The maximum atomic E-state index is 12.5. The molecule has 5 heteroatoms. The molecule has 0 amide bonds. The van der Waals surface area contributed by atoms with Gasteiger partial charge in [-0.05, 0) is 11.1 Å². The molecule has 0 aliphatic heterocycles. The third-order valence-electron chi connectivity index (χ3n) is 3.24. The van der Waals surface area contributed by atoms with Crippen LogP contribution >= 0.6 is 0 Å². The lowest BCUT2D eigenvalue weighted by Gasteiger charge is -2.19. The highest BCUT2D eigenvalue weighted by atomic mass is 16.8. The minimum absolute atomic E-state index is 0.0923. The van der Waals surface area contributed by atoms with Crippen LogP contribution in [0.2, 0.25) is 0 Å². The Balaban J connectivity index is 2.16. The lowest BCUT2D eigenvalue weighted by atomic mass is 9.83. The second kappa shape index (κ2) is 5.20. The molecule has 2 aromatic rings. The van der Waals surface area contributed by atoms with Crippen molar-refractivity contribution in [3.8, 4) is 11.1 Å². The monoisotopic (exact) mass is 281 g/mol. The third kappa shape index (κ3) is 2.18. The molecular formula is C16H11NO4. The average Bonchev–Trinajstić information content (AvgIpc) is 2.54. The number of fused-ring (bicyclic) bond motifs is 3. The summed E-state index contributed by atoms with van der Waals surface area (Å²) < 4.78 is 4.35. The third-order valence-corrected chi connectivity index (χ3v) is 3.24. The highest BCUT2D eigenvalue weighted by Crippen LogP contribution is 2.33. The Morgan fingerprint density at radius 2 is 1.43 bits per heavy atom. The molecule has 0 heterocycles. The Morgan fingerprint density at radius 1 is 0.905 bits per heavy atom. The van der Waals surface area contributed by atoms with Gasteiger partial charge in [0.15, 0.2) is 5.71 Å². The second-order valence-electron chi connectivity index (χ2n) is 4.41. The Bertz CT molecular complexity index is 764. The fourth-order valence-electron chi connectivity index (χ4n) is 2.30. The van der Waals surface area contributed by atoms with Gasteiger partial charge >= 0.3 is 6.16 Å². The second-order valence-corrected chi connectivity index (χ2v) is 4.41. The summed E-state index contributed by atoms with van der Waals surface area (Å²) in [5, 5.41) is 3.67. The molecular weight excluding hydrogens is 270 g/mol. The number of nitrogens with zero attached hydrogens (tertiary/aromatic N) is 1. The molecule has 0 N–H and O–H groups in total. The van der Waals surface area contributed by atoms with Crippen LogP contribution in [0.25, 0.3) is 11.1 Å². The standard InChI is InChI=1S/C16H11NO4/c1-20-16(19)21-17-14-12-8-4-2-6-10(12)11-7-3-5-9-13(11)15(14)18/h2-9H,1H3. The number of benzene rings is 2. The first-order chi connectivity index (χ1) is 10.2. The summed E-state index contributed by atoms with van der Waals surface area (Å²) in [5.41, 5.74) is 2.97. The summed E-state index contributed by atoms with van der Waals surface area (Å²) in [6.07, 6.45) is -0.966. The van der Waals surface area contributed by atoms with Gasteiger partial charge in [0, 0.05) is 11.1 Å². The van der Waals surface area contributed by atoms with Crippen molar-refractivity contribution >= 4 is 17.7 Å². The zero-order valence-corrected chi connectivity index (χ0v) is 11.2. The molecule has 0 saturated carbocycles. The van der Waals surface area contributed by atoms with Crippen LogP contribution in [-0.2, 0) is 9.57 Å². The van der Waals surface area contributed by atoms with Crippen molar-refractivity contribution in [1.82, 2.24) is 0 Å². The smallest absolute Gasteiger partial charge is 0.436 e. The van der Waals surface area contributed by atoms with Crippen LogP contribution in [0, 0.1) is 0 Å². The number of hydrogen-bond donors (Lipinski definition) is 0. The summed E-state index contributed by atoms with van der Waals surface area (Å²) in [5.74, 6) is -0.284. The predicted molar refractivity (Wildman–Crippen MR) is 76.2 cm³/mol. The van der Waals surface area contributed by atoms with Gasteiger partial charge in [0.05, 0.1) is 7.11 Å². The largest absolute Gasteiger partial charge is 0.534 e. The minimum atomic E-state index is -0.966. The number of Topliss-reactive ketones (excluding diaryl/α,β-unsaturated/α-hetero) is 1. The van der Waals surface area contributed by atoms with Crippen LogP contribution in [0.1, 0.15) is 15.9 Å². The predicted octanol–water partition coefficient (Wildman–Crippen LogP) is 3.04. The van der Waals surface area contributed by atoms with Crippen LogP contribution in [0.15, 0.2) is 53.7 Å². The number of ether oxygens (including phenoxy) is 1. The summed E-state index contributed by atoms with van der Waals surface area (Å²) in [6.45, 7) is 0. The number of carbonyl (C=O) groups excluding carboxylic acids is 2. The molecule has 0 atom stereocenters. The summed E-state index contributed by atoms with van der Waals surface area (Å²) >= 11 is 0. The van der Waals surface area contributed by atoms with Gasteiger partial charge in [-0.3, -0.25) is 9.63 Å². The number of methoxy groups -OCH3 is 1. The number of carbonyl (C=O) groups is 2. The maximum absolute atomic E-state index is 12.5. The number of hydrogen-bond acceptors (Lipinski definition) is 5. The van der Waals surface area contributed by atoms with Crippen LogP contribution in [0.3, 0.4) is 0 Å². The SMILES string of the molecule is COC(=O)ON=C1C(=O)c2ccccc2-c2ccccc21. The highest BCUT2D eigenvalue weighted by molar-refractivity contribution is 6.54. The van der Waals surface area contributed by atoms with E-state index in [1.54, 1.807) is 24.3 Å². The van der Waals surface area contributed by atoms with Gasteiger partial charge in [-0.15, -0.1) is 0 Å². The lowest BCUT2D eigenvalue weighted by Crippen LogP contribution is -2.23. The molecule has 0 unspecified atom stereocenters. The molecule has 5 nitrogen and oxygen atoms in total. The van der Waals surface area contributed by atoms with Gasteiger partial charge in [0.25, 0.3) is 0 Å². The van der Waals surface area contributed by atoms with Crippen molar-refractivity contribution in [1.29, 1.82) is 0 Å². The van der Waals surface area contributed by atoms with Crippen molar-refractivity contribution in [3.05, 3.63) is 59.7 Å². The fraction of sp³-hybridized carbons (Fsp3) is 0.0625. The molecule has 0 fully saturated rings. The van der Waals surface area contributed by atoms with E-state index in [4.69, 9.17) is 0 Å². The number of ketones is 1. The van der Waals surface area contributed by atoms with E-state index in [9.17, 15) is 9.59 Å². The van der Waals surface area contributed by atoms with Gasteiger partial charge in [0.2, 0.25) is 5.78 Å². The number of rotatable bonds is 1. The molecule has 104 valence electrons. The van der Waals surface area contributed by atoms with E-state index >= 15 is 0 Å². The Hall–Kier alpha value is -2.95. The molecule has 1 aliphatic rings. The summed E-state index contributed by atoms with van der Waals surface area (Å²) in [6, 6.07) is 14.6. The highest BCUT2D eigenvalue weighted by Gasteiger charge is 2.29. The van der Waals surface area contributed by atoms with Gasteiger partial charge in [-0.25, -0.2) is 4.79 Å². The van der Waals surface area contributed by atoms with E-state index in [1.807, 2.05) is 24.3 Å². The Kier molecular flexibility index (Phi) is 3.23. The van der Waals surface area contributed by atoms with Crippen LogP contribution in [0.5, 0.6) is 0 Å². The molecule has 2 aromatic carbocycles. The van der Waals surface area contributed by atoms with Gasteiger partial charge in [-0.1, -0.05) is 53.7 Å². The molecule has 1 aliphatic carbocycles. The molecule has 21 heavy (non-hydrogen) atoms. The van der Waals surface area contributed by atoms with Crippen LogP contribution < -0.4 is 0 Å². The molecule has 0 saturated heterocycles. The van der Waals surface area contributed by atoms with E-state index < -0.39 is 6.16 Å². The molecule has 0 bridgehead atoms. The maximum Gasteiger partial charge on any atom is 0.534 e. The first-order valence-corrected chi connectivity index (χ1v) is 6.29. The van der Waals surface area contributed by atoms with Gasteiger partial charge in [0.1, 0.15) is 0 Å². The van der Waals surface area contributed by atoms with E-state index in [0.717, 1.165) is 11.1 Å². The Morgan fingerprint density at radius 3 is 2.05 bits per heavy atom. The zero-order chi connectivity index (χ0) is 14.8. The summed E-state index contributed by atoms with van der Waals surface area (Å²) in [4.78, 5) is 28.2. The van der Waals surface area contributed by atoms with Gasteiger partial charge < -0.3 is 4.74 Å². The van der Waals surface area contributed by atoms with Crippen molar-refractivity contribution in [2.24, 2.45) is 5.16 Å². The van der Waals surface area contributed by atoms with Crippen molar-refractivity contribution in [2.45, 2.75) is 0 Å². The lowest BCUT2D eigenvalue weighted by molar-refractivity contribution is 0.0749. The van der Waals surface area contributed by atoms with E-state index in [2.05, 4.69) is 14.7 Å². The topological polar surface area (TPSA) is 65.0 Å².